The van der Waals surface area contributed by atoms with E-state index in [0.29, 0.717) is 28.8 Å². The van der Waals surface area contributed by atoms with Crippen LogP contribution in [-0.4, -0.2) is 16.2 Å². The molecule has 0 spiro atoms. The van der Waals surface area contributed by atoms with Crippen molar-refractivity contribution in [1.82, 2.24) is 9.97 Å². The lowest BCUT2D eigenvalue weighted by atomic mass is 10.2. The Kier molecular flexibility index (Phi) is 3.70. The third-order valence-corrected chi connectivity index (χ3v) is 3.88. The number of aromatic nitrogens is 2. The lowest BCUT2D eigenvalue weighted by molar-refractivity contribution is 0.464. The predicted octanol–water partition coefficient (Wildman–Crippen LogP) is 4.98. The van der Waals surface area contributed by atoms with Crippen molar-refractivity contribution < 1.29 is 9.13 Å². The molecule has 0 atom stereocenters. The van der Waals surface area contributed by atoms with Gasteiger partial charge in [0.25, 0.3) is 5.88 Å². The van der Waals surface area contributed by atoms with E-state index >= 15 is 0 Å². The highest BCUT2D eigenvalue weighted by atomic mass is 79.9. The van der Waals surface area contributed by atoms with Crippen LogP contribution >= 0.6 is 15.9 Å². The molecular formula is C17H10BrFN4O. The second-order valence-corrected chi connectivity index (χ2v) is 5.97. The van der Waals surface area contributed by atoms with Gasteiger partial charge in [0.1, 0.15) is 17.9 Å². The number of hydrogen-bond acceptors (Lipinski definition) is 5. The quantitative estimate of drug-likeness (QED) is 0.529. The molecule has 7 heteroatoms. The zero-order valence-electron chi connectivity index (χ0n) is 12.2. The van der Waals surface area contributed by atoms with Crippen LogP contribution in [0.1, 0.15) is 5.56 Å². The van der Waals surface area contributed by atoms with Crippen molar-refractivity contribution in [3.05, 3.63) is 64.6 Å². The van der Waals surface area contributed by atoms with Crippen LogP contribution in [0, 0.1) is 5.82 Å². The molecular weight excluding hydrogens is 375 g/mol. The molecule has 0 unspecified atom stereocenters. The fourth-order valence-electron chi connectivity index (χ4n) is 2.30. The summed E-state index contributed by atoms with van der Waals surface area (Å²) in [4.78, 5) is 12.8. The first-order chi connectivity index (χ1) is 11.7. The summed E-state index contributed by atoms with van der Waals surface area (Å²) in [7, 11) is 0. The normalized spacial score (nSPS) is 11.9. The fraction of sp³-hybridized carbons (Fsp3) is 0. The highest BCUT2D eigenvalue weighted by molar-refractivity contribution is 9.10. The summed E-state index contributed by atoms with van der Waals surface area (Å²) in [5.41, 5.74) is 1.84. The van der Waals surface area contributed by atoms with Gasteiger partial charge in [0, 0.05) is 21.9 Å². The van der Waals surface area contributed by atoms with Crippen molar-refractivity contribution in [2.24, 2.45) is 4.99 Å². The Morgan fingerprint density at radius 1 is 1.08 bits per heavy atom. The van der Waals surface area contributed by atoms with Gasteiger partial charge in [-0.05, 0) is 36.4 Å². The Hall–Kier alpha value is -2.80. The number of hydrogen-bond donors (Lipinski definition) is 1. The second kappa shape index (κ2) is 6.01. The molecule has 118 valence electrons. The third-order valence-electron chi connectivity index (χ3n) is 3.39. The fourth-order valence-corrected chi connectivity index (χ4v) is 2.68. The summed E-state index contributed by atoms with van der Waals surface area (Å²) in [6.45, 7) is 0. The van der Waals surface area contributed by atoms with E-state index in [4.69, 9.17) is 4.74 Å². The van der Waals surface area contributed by atoms with Crippen molar-refractivity contribution in [1.29, 1.82) is 0 Å². The van der Waals surface area contributed by atoms with Gasteiger partial charge in [-0.1, -0.05) is 22.0 Å². The lowest BCUT2D eigenvalue weighted by Gasteiger charge is -2.10. The van der Waals surface area contributed by atoms with Crippen molar-refractivity contribution in [2.75, 3.05) is 5.32 Å². The molecule has 0 amide bonds. The molecule has 3 aromatic rings. The summed E-state index contributed by atoms with van der Waals surface area (Å²) in [5, 5.41) is 3.04. The molecule has 0 saturated heterocycles. The van der Waals surface area contributed by atoms with E-state index < -0.39 is 0 Å². The van der Waals surface area contributed by atoms with Crippen LogP contribution < -0.4 is 10.1 Å². The molecule has 0 saturated carbocycles. The van der Waals surface area contributed by atoms with Gasteiger partial charge in [0.15, 0.2) is 11.5 Å². The van der Waals surface area contributed by atoms with Crippen molar-refractivity contribution in [2.45, 2.75) is 0 Å². The monoisotopic (exact) mass is 384 g/mol. The summed E-state index contributed by atoms with van der Waals surface area (Å²) in [5.74, 6) is 1.09. The highest BCUT2D eigenvalue weighted by Crippen LogP contribution is 2.39. The highest BCUT2D eigenvalue weighted by Gasteiger charge is 2.17. The van der Waals surface area contributed by atoms with Gasteiger partial charge in [-0.15, -0.1) is 0 Å². The van der Waals surface area contributed by atoms with Gasteiger partial charge < -0.3 is 10.1 Å². The molecule has 0 radical (unpaired) electrons. The number of anilines is 2. The van der Waals surface area contributed by atoms with E-state index in [2.05, 4.69) is 36.2 Å². The van der Waals surface area contributed by atoms with E-state index in [1.54, 1.807) is 18.3 Å². The first kappa shape index (κ1) is 14.8. The molecule has 0 fully saturated rings. The van der Waals surface area contributed by atoms with Crippen LogP contribution in [0.5, 0.6) is 11.6 Å². The third kappa shape index (κ3) is 2.85. The Labute approximate surface area is 145 Å². The molecule has 2 aromatic carbocycles. The summed E-state index contributed by atoms with van der Waals surface area (Å²) in [6, 6.07) is 11.7. The molecule has 1 aliphatic heterocycles. The standard InChI is InChI=1S/C17H10BrFN4O/c18-11-4-5-14-10(6-11)8-20-15-16(21-9-22-17(15)24-14)23-13-3-1-2-12(19)7-13/h1-9H,(H,21,22,23). The van der Waals surface area contributed by atoms with Gasteiger partial charge in [-0.25, -0.2) is 14.4 Å². The van der Waals surface area contributed by atoms with E-state index in [1.807, 2.05) is 18.2 Å². The predicted molar refractivity (Wildman–Crippen MR) is 93.2 cm³/mol. The van der Waals surface area contributed by atoms with Gasteiger partial charge >= 0.3 is 0 Å². The minimum Gasteiger partial charge on any atom is -0.436 e. The molecule has 0 aliphatic carbocycles. The number of nitrogens with zero attached hydrogens (tertiary/aromatic N) is 3. The van der Waals surface area contributed by atoms with Crippen LogP contribution in [0.25, 0.3) is 0 Å². The zero-order chi connectivity index (χ0) is 16.5. The summed E-state index contributed by atoms with van der Waals surface area (Å²) < 4.78 is 20.1. The van der Waals surface area contributed by atoms with Crippen LogP contribution in [0.4, 0.5) is 21.6 Å². The molecule has 0 bridgehead atoms. The second-order valence-electron chi connectivity index (χ2n) is 5.05. The molecule has 24 heavy (non-hydrogen) atoms. The average molecular weight is 385 g/mol. The van der Waals surface area contributed by atoms with Crippen LogP contribution in [0.2, 0.25) is 0 Å². The number of nitrogens with one attached hydrogen (secondary N) is 1. The minimum absolute atomic E-state index is 0.334. The number of benzene rings is 2. The largest absolute Gasteiger partial charge is 0.436 e. The van der Waals surface area contributed by atoms with Gasteiger partial charge in [-0.3, -0.25) is 0 Å². The maximum atomic E-state index is 13.4. The zero-order valence-corrected chi connectivity index (χ0v) is 13.8. The van der Waals surface area contributed by atoms with E-state index in [0.717, 1.165) is 10.0 Å². The number of fused-ring (bicyclic) bond motifs is 2. The Bertz CT molecular complexity index is 961. The summed E-state index contributed by atoms with van der Waals surface area (Å²) >= 11 is 3.42. The maximum Gasteiger partial charge on any atom is 0.250 e. The minimum atomic E-state index is -0.336. The van der Waals surface area contributed by atoms with Crippen molar-refractivity contribution in [3.63, 3.8) is 0 Å². The molecule has 4 rings (SSSR count). The maximum absolute atomic E-state index is 13.4. The molecule has 1 aliphatic rings. The Morgan fingerprint density at radius 2 is 2.00 bits per heavy atom. The van der Waals surface area contributed by atoms with Gasteiger partial charge in [-0.2, -0.15) is 4.98 Å². The van der Waals surface area contributed by atoms with E-state index in [1.165, 1.54) is 18.5 Å². The smallest absolute Gasteiger partial charge is 0.250 e. The molecule has 1 aromatic heterocycles. The molecule has 1 N–H and O–H groups in total. The first-order valence-electron chi connectivity index (χ1n) is 7.08. The van der Waals surface area contributed by atoms with Gasteiger partial charge in [0.05, 0.1) is 0 Å². The van der Waals surface area contributed by atoms with E-state index in [9.17, 15) is 4.39 Å². The SMILES string of the molecule is Fc1cccc(Nc2ncnc3c2N=Cc2cc(Br)ccc2O3)c1. The lowest BCUT2D eigenvalue weighted by Crippen LogP contribution is -1.97. The summed E-state index contributed by atoms with van der Waals surface area (Å²) in [6.07, 6.45) is 3.06. The van der Waals surface area contributed by atoms with E-state index in [-0.39, 0.29) is 5.82 Å². The Morgan fingerprint density at radius 3 is 2.88 bits per heavy atom. The molecule has 5 nitrogen and oxygen atoms in total. The van der Waals surface area contributed by atoms with Crippen molar-refractivity contribution in [3.8, 4) is 11.6 Å². The number of rotatable bonds is 2. The van der Waals surface area contributed by atoms with Crippen LogP contribution in [0.15, 0.2) is 58.3 Å². The Balaban J connectivity index is 1.75. The number of aliphatic imine (C=N–C) groups is 1. The van der Waals surface area contributed by atoms with Gasteiger partial charge in [0.2, 0.25) is 0 Å². The first-order valence-corrected chi connectivity index (χ1v) is 7.87. The topological polar surface area (TPSA) is 59.4 Å². The van der Waals surface area contributed by atoms with Crippen LogP contribution in [-0.2, 0) is 0 Å². The molecule has 2 heterocycles. The van der Waals surface area contributed by atoms with Crippen molar-refractivity contribution >= 4 is 39.3 Å². The number of ether oxygens (including phenoxy) is 1. The average Bonchev–Trinajstić information content (AvgIpc) is 2.74. The van der Waals surface area contributed by atoms with Crippen LogP contribution in [0.3, 0.4) is 0 Å². The number of halogens is 2.